The minimum atomic E-state index is -1.15. The average Bonchev–Trinajstić information content (AvgIpc) is 2.93. The maximum Gasteiger partial charge on any atom is 0.412 e. The second-order valence-electron chi connectivity index (χ2n) is 5.98. The maximum absolute atomic E-state index is 11.9. The van der Waals surface area contributed by atoms with Crippen LogP contribution in [0, 0.1) is 0 Å². The topological polar surface area (TPSA) is 98.0 Å². The highest BCUT2D eigenvalue weighted by Gasteiger charge is 2.17. The summed E-state index contributed by atoms with van der Waals surface area (Å²) in [6, 6.07) is 9.71. The number of carbonyl (C=O) groups excluding carboxylic acids is 1. The lowest BCUT2D eigenvalue weighted by Gasteiger charge is -2.20. The Morgan fingerprint density at radius 1 is 1.17 bits per heavy atom. The molecular weight excluding hydrogens is 314 g/mol. The molecule has 1 aromatic heterocycles. The van der Waals surface area contributed by atoms with Crippen LogP contribution in [0.1, 0.15) is 37.1 Å². The minimum absolute atomic E-state index is 0.0281. The van der Waals surface area contributed by atoms with Gasteiger partial charge in [0.15, 0.2) is 0 Å². The van der Waals surface area contributed by atoms with E-state index in [0.29, 0.717) is 17.2 Å². The Bertz CT molecular complexity index is 729. The van der Waals surface area contributed by atoms with E-state index < -0.39 is 17.7 Å². The fourth-order valence-electron chi connectivity index (χ4n) is 1.83. The second-order valence-corrected chi connectivity index (χ2v) is 5.98. The number of carboxylic acids is 1. The van der Waals surface area contributed by atoms with Crippen molar-refractivity contribution in [3.05, 3.63) is 47.9 Å². The molecule has 2 N–H and O–H groups in total. The molecule has 0 spiro atoms. The Hall–Kier alpha value is -2.96. The van der Waals surface area contributed by atoms with E-state index in [2.05, 4.69) is 5.32 Å². The Kier molecular flexibility index (Phi) is 5.13. The number of nitrogens with one attached hydrogen (secondary N) is 1. The number of benzene rings is 1. The van der Waals surface area contributed by atoms with Gasteiger partial charge in [0.25, 0.3) is 0 Å². The molecule has 1 amide bonds. The third-order valence-electron chi connectivity index (χ3n) is 2.77. The molecule has 2 aromatic rings. The largest absolute Gasteiger partial charge is 0.483 e. The molecule has 0 bridgehead atoms. The third kappa shape index (κ3) is 5.05. The predicted molar refractivity (Wildman–Crippen MR) is 86.3 cm³/mol. The number of amides is 1. The first-order chi connectivity index (χ1) is 11.2. The van der Waals surface area contributed by atoms with Crippen molar-refractivity contribution in [3.8, 4) is 5.75 Å². The van der Waals surface area contributed by atoms with Gasteiger partial charge in [0.1, 0.15) is 23.7 Å². The van der Waals surface area contributed by atoms with E-state index in [0.717, 1.165) is 0 Å². The molecule has 0 fully saturated rings. The molecule has 0 aliphatic rings. The highest BCUT2D eigenvalue weighted by Crippen LogP contribution is 2.25. The molecule has 24 heavy (non-hydrogen) atoms. The number of hydrogen-bond donors (Lipinski definition) is 2. The first kappa shape index (κ1) is 17.4. The molecule has 0 aliphatic carbocycles. The van der Waals surface area contributed by atoms with E-state index in [4.69, 9.17) is 19.0 Å². The van der Waals surface area contributed by atoms with Gasteiger partial charge in [-0.25, -0.2) is 9.59 Å². The van der Waals surface area contributed by atoms with Gasteiger partial charge in [-0.3, -0.25) is 5.32 Å². The molecule has 1 heterocycles. The predicted octanol–water partition coefficient (Wildman–Crippen LogP) is 3.90. The molecule has 0 radical (unpaired) electrons. The summed E-state index contributed by atoms with van der Waals surface area (Å²) in [5.74, 6) is -0.530. The van der Waals surface area contributed by atoms with E-state index in [1.54, 1.807) is 45.0 Å². The summed E-state index contributed by atoms with van der Waals surface area (Å²) in [4.78, 5) is 22.6. The smallest absolute Gasteiger partial charge is 0.412 e. The maximum atomic E-state index is 11.9. The summed E-state index contributed by atoms with van der Waals surface area (Å²) in [6.07, 6.45) is -0.593. The molecule has 7 nitrogen and oxygen atoms in total. The van der Waals surface area contributed by atoms with Crippen molar-refractivity contribution in [2.45, 2.75) is 33.0 Å². The fourth-order valence-corrected chi connectivity index (χ4v) is 1.83. The van der Waals surface area contributed by atoms with E-state index in [9.17, 15) is 9.59 Å². The summed E-state index contributed by atoms with van der Waals surface area (Å²) >= 11 is 0. The van der Waals surface area contributed by atoms with Crippen LogP contribution in [0.3, 0.4) is 0 Å². The van der Waals surface area contributed by atoms with E-state index >= 15 is 0 Å². The molecule has 0 atom stereocenters. The van der Waals surface area contributed by atoms with Crippen LogP contribution in [0.2, 0.25) is 0 Å². The summed E-state index contributed by atoms with van der Waals surface area (Å²) in [5, 5.41) is 11.4. The highest BCUT2D eigenvalue weighted by atomic mass is 16.6. The van der Waals surface area contributed by atoms with E-state index in [-0.39, 0.29) is 12.4 Å². The van der Waals surface area contributed by atoms with Crippen molar-refractivity contribution in [1.82, 2.24) is 0 Å². The average molecular weight is 333 g/mol. The summed E-state index contributed by atoms with van der Waals surface area (Å²) in [7, 11) is 0. The van der Waals surface area contributed by atoms with Crippen molar-refractivity contribution in [2.24, 2.45) is 0 Å². The number of anilines is 1. The quantitative estimate of drug-likeness (QED) is 0.861. The minimum Gasteiger partial charge on any atom is -0.483 e. The Balaban J connectivity index is 2.02. The van der Waals surface area contributed by atoms with Gasteiger partial charge < -0.3 is 19.0 Å². The Morgan fingerprint density at radius 2 is 1.88 bits per heavy atom. The Morgan fingerprint density at radius 3 is 2.50 bits per heavy atom. The molecule has 128 valence electrons. The van der Waals surface area contributed by atoms with Crippen LogP contribution in [0.15, 0.2) is 40.8 Å². The summed E-state index contributed by atoms with van der Waals surface area (Å²) < 4.78 is 15.9. The van der Waals surface area contributed by atoms with Gasteiger partial charge in [-0.15, -0.1) is 0 Å². The molecule has 1 aromatic carbocycles. The van der Waals surface area contributed by atoms with Crippen LogP contribution < -0.4 is 10.1 Å². The van der Waals surface area contributed by atoms with E-state index in [1.165, 1.54) is 12.1 Å². The highest BCUT2D eigenvalue weighted by molar-refractivity contribution is 5.87. The standard InChI is InChI=1S/C17H19NO6/c1-17(2,3)24-16(21)18-12-6-4-5-7-13(12)22-10-11-8-9-14(23-11)15(19)20/h4-9H,10H2,1-3H3,(H,18,21)(H,19,20). The van der Waals surface area contributed by atoms with Gasteiger partial charge in [-0.2, -0.15) is 0 Å². The molecule has 2 rings (SSSR count). The molecule has 7 heteroatoms. The first-order valence-corrected chi connectivity index (χ1v) is 7.28. The van der Waals surface area contributed by atoms with E-state index in [1.807, 2.05) is 0 Å². The molecule has 0 saturated carbocycles. The van der Waals surface area contributed by atoms with Crippen LogP contribution in [0.4, 0.5) is 10.5 Å². The number of aromatic carboxylic acids is 1. The SMILES string of the molecule is CC(C)(C)OC(=O)Nc1ccccc1OCc1ccc(C(=O)O)o1. The number of para-hydroxylation sites is 2. The molecule has 0 saturated heterocycles. The van der Waals surface area contributed by atoms with Crippen molar-refractivity contribution in [1.29, 1.82) is 0 Å². The normalized spacial score (nSPS) is 11.0. The van der Waals surface area contributed by atoms with Crippen LogP contribution in [0.25, 0.3) is 0 Å². The number of ether oxygens (including phenoxy) is 2. The molecule has 0 aliphatic heterocycles. The van der Waals surface area contributed by atoms with Gasteiger partial charge >= 0.3 is 12.1 Å². The monoisotopic (exact) mass is 333 g/mol. The van der Waals surface area contributed by atoms with Gasteiger partial charge in [-0.05, 0) is 45.0 Å². The van der Waals surface area contributed by atoms with Crippen molar-refractivity contribution in [2.75, 3.05) is 5.32 Å². The lowest BCUT2D eigenvalue weighted by Crippen LogP contribution is -2.27. The fraction of sp³-hybridized carbons (Fsp3) is 0.294. The lowest BCUT2D eigenvalue weighted by molar-refractivity contribution is 0.0630. The van der Waals surface area contributed by atoms with Crippen LogP contribution >= 0.6 is 0 Å². The third-order valence-corrected chi connectivity index (χ3v) is 2.77. The summed E-state index contributed by atoms with van der Waals surface area (Å²) in [6.45, 7) is 5.34. The lowest BCUT2D eigenvalue weighted by atomic mass is 10.2. The number of rotatable bonds is 5. The van der Waals surface area contributed by atoms with Crippen LogP contribution in [0.5, 0.6) is 5.75 Å². The number of carboxylic acid groups (broad SMARTS) is 1. The van der Waals surface area contributed by atoms with Gasteiger partial charge in [-0.1, -0.05) is 12.1 Å². The zero-order valence-electron chi connectivity index (χ0n) is 13.7. The zero-order valence-corrected chi connectivity index (χ0v) is 13.7. The molecule has 0 unspecified atom stereocenters. The summed E-state index contributed by atoms with van der Waals surface area (Å²) in [5.41, 5.74) is -0.168. The molecular formula is C17H19NO6. The number of furan rings is 1. The van der Waals surface area contributed by atoms with Gasteiger partial charge in [0, 0.05) is 0 Å². The second kappa shape index (κ2) is 7.08. The van der Waals surface area contributed by atoms with Crippen molar-refractivity contribution in [3.63, 3.8) is 0 Å². The van der Waals surface area contributed by atoms with Gasteiger partial charge in [0.05, 0.1) is 5.69 Å². The van der Waals surface area contributed by atoms with Gasteiger partial charge in [0.2, 0.25) is 5.76 Å². The first-order valence-electron chi connectivity index (χ1n) is 7.28. The number of carbonyl (C=O) groups is 2. The van der Waals surface area contributed by atoms with Crippen LogP contribution in [-0.2, 0) is 11.3 Å². The Labute approximate surface area is 139 Å². The number of hydrogen-bond acceptors (Lipinski definition) is 5. The zero-order chi connectivity index (χ0) is 17.7. The van der Waals surface area contributed by atoms with Crippen molar-refractivity contribution < 1.29 is 28.6 Å². The van der Waals surface area contributed by atoms with Crippen molar-refractivity contribution >= 4 is 17.7 Å². The van der Waals surface area contributed by atoms with Crippen LogP contribution in [-0.4, -0.2) is 22.8 Å².